The minimum absolute atomic E-state index is 0.0128. The van der Waals surface area contributed by atoms with E-state index < -0.39 is 0 Å². The highest BCUT2D eigenvalue weighted by Gasteiger charge is 2.26. The Morgan fingerprint density at radius 3 is 2.65 bits per heavy atom. The van der Waals surface area contributed by atoms with Gasteiger partial charge in [0.25, 0.3) is 0 Å². The predicted octanol–water partition coefficient (Wildman–Crippen LogP) is 2.60. The van der Waals surface area contributed by atoms with Gasteiger partial charge in [0.1, 0.15) is 5.82 Å². The van der Waals surface area contributed by atoms with Crippen molar-refractivity contribution in [2.24, 2.45) is 5.92 Å². The summed E-state index contributed by atoms with van der Waals surface area (Å²) in [6.07, 6.45) is 5.17. The van der Waals surface area contributed by atoms with Crippen LogP contribution in [0.4, 0.5) is 4.39 Å². The second-order valence-corrected chi connectivity index (χ2v) is 5.75. The second kappa shape index (κ2) is 8.46. The van der Waals surface area contributed by atoms with E-state index in [1.807, 2.05) is 6.92 Å². The molecule has 0 aliphatic carbocycles. The third-order valence-corrected chi connectivity index (χ3v) is 4.04. The van der Waals surface area contributed by atoms with Crippen molar-refractivity contribution in [1.82, 2.24) is 10.2 Å². The first-order valence-corrected chi connectivity index (χ1v) is 8.11. The average Bonchev–Trinajstić information content (AvgIpc) is 2.59. The van der Waals surface area contributed by atoms with E-state index in [1.54, 1.807) is 23.1 Å². The van der Waals surface area contributed by atoms with Crippen LogP contribution in [0.15, 0.2) is 30.3 Å². The summed E-state index contributed by atoms with van der Waals surface area (Å²) in [4.78, 5) is 25.8. The maximum Gasteiger partial charge on any atom is 0.246 e. The van der Waals surface area contributed by atoms with Crippen LogP contribution in [-0.2, 0) is 9.59 Å². The smallest absolute Gasteiger partial charge is 0.246 e. The minimum Gasteiger partial charge on any atom is -0.356 e. The SMILES string of the molecule is CCCNC(=O)C1CCN(C(=O)/C=C/c2ccccc2F)CC1. The van der Waals surface area contributed by atoms with Crippen molar-refractivity contribution in [3.8, 4) is 0 Å². The summed E-state index contributed by atoms with van der Waals surface area (Å²) in [5.41, 5.74) is 0.398. The van der Waals surface area contributed by atoms with E-state index in [1.165, 1.54) is 18.2 Å². The highest BCUT2D eigenvalue weighted by atomic mass is 19.1. The molecule has 124 valence electrons. The molecule has 1 heterocycles. The molecule has 0 unspecified atom stereocenters. The molecule has 1 aliphatic rings. The maximum atomic E-state index is 13.5. The highest BCUT2D eigenvalue weighted by Crippen LogP contribution is 2.18. The van der Waals surface area contributed by atoms with E-state index >= 15 is 0 Å². The third-order valence-electron chi connectivity index (χ3n) is 4.04. The Balaban J connectivity index is 1.84. The van der Waals surface area contributed by atoms with Crippen LogP contribution in [0.5, 0.6) is 0 Å². The molecule has 0 bridgehead atoms. The van der Waals surface area contributed by atoms with Crippen molar-refractivity contribution in [3.63, 3.8) is 0 Å². The molecule has 1 aliphatic heterocycles. The molecule has 1 saturated heterocycles. The van der Waals surface area contributed by atoms with Gasteiger partial charge < -0.3 is 10.2 Å². The summed E-state index contributed by atoms with van der Waals surface area (Å²) in [7, 11) is 0. The summed E-state index contributed by atoms with van der Waals surface area (Å²) in [5.74, 6) is -0.412. The molecule has 1 aromatic rings. The fourth-order valence-electron chi connectivity index (χ4n) is 2.63. The molecule has 1 fully saturated rings. The Labute approximate surface area is 136 Å². The number of piperidine rings is 1. The van der Waals surface area contributed by atoms with Crippen molar-refractivity contribution >= 4 is 17.9 Å². The van der Waals surface area contributed by atoms with Crippen LogP contribution in [-0.4, -0.2) is 36.3 Å². The molecule has 1 N–H and O–H groups in total. The Morgan fingerprint density at radius 2 is 2.00 bits per heavy atom. The first kappa shape index (κ1) is 17.2. The van der Waals surface area contributed by atoms with E-state index in [2.05, 4.69) is 5.32 Å². The zero-order valence-electron chi connectivity index (χ0n) is 13.4. The number of hydrogen-bond acceptors (Lipinski definition) is 2. The van der Waals surface area contributed by atoms with Gasteiger partial charge in [-0.25, -0.2) is 4.39 Å². The van der Waals surface area contributed by atoms with Crippen LogP contribution in [0.2, 0.25) is 0 Å². The van der Waals surface area contributed by atoms with Gasteiger partial charge in [-0.1, -0.05) is 25.1 Å². The van der Waals surface area contributed by atoms with Gasteiger partial charge in [-0.05, 0) is 31.4 Å². The highest BCUT2D eigenvalue weighted by molar-refractivity contribution is 5.92. The molecule has 4 nitrogen and oxygen atoms in total. The summed E-state index contributed by atoms with van der Waals surface area (Å²) in [5, 5.41) is 2.90. The van der Waals surface area contributed by atoms with Crippen molar-refractivity contribution in [3.05, 3.63) is 41.7 Å². The van der Waals surface area contributed by atoms with Gasteiger partial charge >= 0.3 is 0 Å². The largest absolute Gasteiger partial charge is 0.356 e. The fraction of sp³-hybridized carbons (Fsp3) is 0.444. The van der Waals surface area contributed by atoms with Crippen LogP contribution < -0.4 is 5.32 Å². The average molecular weight is 318 g/mol. The molecule has 0 saturated carbocycles. The van der Waals surface area contributed by atoms with Gasteiger partial charge in [0, 0.05) is 37.2 Å². The topological polar surface area (TPSA) is 49.4 Å². The molecule has 1 aromatic carbocycles. The number of likely N-dealkylation sites (tertiary alicyclic amines) is 1. The lowest BCUT2D eigenvalue weighted by Gasteiger charge is -2.30. The standard InChI is InChI=1S/C18H23FN2O2/c1-2-11-20-18(23)15-9-12-21(13-10-15)17(22)8-7-14-5-3-4-6-16(14)19/h3-8,15H,2,9-13H2,1H3,(H,20,23)/b8-7+. The summed E-state index contributed by atoms with van der Waals surface area (Å²) in [6.45, 7) is 3.84. The second-order valence-electron chi connectivity index (χ2n) is 5.75. The molecule has 23 heavy (non-hydrogen) atoms. The van der Waals surface area contributed by atoms with Gasteiger partial charge in [0.05, 0.1) is 0 Å². The number of nitrogens with zero attached hydrogens (tertiary/aromatic N) is 1. The Hall–Kier alpha value is -2.17. The third kappa shape index (κ3) is 4.91. The van der Waals surface area contributed by atoms with Crippen molar-refractivity contribution < 1.29 is 14.0 Å². The van der Waals surface area contributed by atoms with Gasteiger partial charge in [0.15, 0.2) is 0 Å². The summed E-state index contributed by atoms with van der Waals surface area (Å²) >= 11 is 0. The Bertz CT molecular complexity index is 578. The lowest BCUT2D eigenvalue weighted by Crippen LogP contribution is -2.42. The normalized spacial score (nSPS) is 15.8. The van der Waals surface area contributed by atoms with E-state index in [4.69, 9.17) is 0 Å². The molecule has 0 atom stereocenters. The fourth-order valence-corrected chi connectivity index (χ4v) is 2.63. The Kier molecular flexibility index (Phi) is 6.32. The molecule has 0 aromatic heterocycles. The first-order valence-electron chi connectivity index (χ1n) is 8.11. The molecular formula is C18H23FN2O2. The van der Waals surface area contributed by atoms with Crippen LogP contribution >= 0.6 is 0 Å². The van der Waals surface area contributed by atoms with E-state index in [0.717, 1.165) is 6.42 Å². The Morgan fingerprint density at radius 1 is 1.30 bits per heavy atom. The number of rotatable bonds is 5. The summed E-state index contributed by atoms with van der Waals surface area (Å²) < 4.78 is 13.5. The maximum absolute atomic E-state index is 13.5. The summed E-state index contributed by atoms with van der Waals surface area (Å²) in [6, 6.07) is 6.34. The zero-order valence-corrected chi connectivity index (χ0v) is 13.4. The number of carbonyl (C=O) groups excluding carboxylic acids is 2. The number of carbonyl (C=O) groups is 2. The molecule has 2 rings (SSSR count). The molecule has 0 radical (unpaired) electrons. The van der Waals surface area contributed by atoms with Crippen LogP contribution in [0, 0.1) is 11.7 Å². The number of halogens is 1. The number of hydrogen-bond donors (Lipinski definition) is 1. The molecule has 2 amide bonds. The van der Waals surface area contributed by atoms with Gasteiger partial charge in [0.2, 0.25) is 11.8 Å². The van der Waals surface area contributed by atoms with E-state index in [9.17, 15) is 14.0 Å². The van der Waals surface area contributed by atoms with Crippen LogP contribution in [0.3, 0.4) is 0 Å². The minimum atomic E-state index is -0.345. The zero-order chi connectivity index (χ0) is 16.7. The van der Waals surface area contributed by atoms with Crippen molar-refractivity contribution in [2.75, 3.05) is 19.6 Å². The van der Waals surface area contributed by atoms with Gasteiger partial charge in [-0.3, -0.25) is 9.59 Å². The number of benzene rings is 1. The lowest BCUT2D eigenvalue weighted by atomic mass is 9.96. The van der Waals surface area contributed by atoms with Gasteiger partial charge in [-0.2, -0.15) is 0 Å². The van der Waals surface area contributed by atoms with Crippen molar-refractivity contribution in [2.45, 2.75) is 26.2 Å². The quantitative estimate of drug-likeness (QED) is 0.849. The first-order chi connectivity index (χ1) is 11.1. The number of nitrogens with one attached hydrogen (secondary N) is 1. The predicted molar refractivity (Wildman–Crippen MR) is 88.0 cm³/mol. The lowest BCUT2D eigenvalue weighted by molar-refractivity contribution is -0.132. The number of amides is 2. The molecular weight excluding hydrogens is 295 g/mol. The van der Waals surface area contributed by atoms with E-state index in [-0.39, 0.29) is 23.5 Å². The van der Waals surface area contributed by atoms with Crippen LogP contribution in [0.25, 0.3) is 6.08 Å². The monoisotopic (exact) mass is 318 g/mol. The van der Waals surface area contributed by atoms with Crippen molar-refractivity contribution in [1.29, 1.82) is 0 Å². The van der Waals surface area contributed by atoms with Crippen LogP contribution in [0.1, 0.15) is 31.7 Å². The van der Waals surface area contributed by atoms with Gasteiger partial charge in [-0.15, -0.1) is 0 Å². The van der Waals surface area contributed by atoms with E-state index in [0.29, 0.717) is 38.0 Å². The molecule has 5 heteroatoms. The molecule has 0 spiro atoms.